The minimum Gasteiger partial charge on any atom is -0.311 e. The number of benzene rings is 1. The van der Waals surface area contributed by atoms with Crippen molar-refractivity contribution >= 4 is 28.4 Å². The van der Waals surface area contributed by atoms with Crippen molar-refractivity contribution in [1.29, 1.82) is 0 Å². The lowest BCUT2D eigenvalue weighted by molar-refractivity contribution is 0.508. The van der Waals surface area contributed by atoms with Crippen LogP contribution in [0.4, 0.5) is 0 Å². The number of hydrogen-bond donors (Lipinski definition) is 1. The van der Waals surface area contributed by atoms with E-state index in [0.29, 0.717) is 12.5 Å². The zero-order valence-corrected chi connectivity index (χ0v) is 17.1. The molecule has 0 amide bonds. The van der Waals surface area contributed by atoms with E-state index in [2.05, 4.69) is 35.9 Å². The van der Waals surface area contributed by atoms with Gasteiger partial charge in [-0.2, -0.15) is 0 Å². The Labute approximate surface area is 165 Å². The number of thioether (sulfide) groups is 1. The molecule has 0 aliphatic carbocycles. The van der Waals surface area contributed by atoms with Crippen molar-refractivity contribution < 1.29 is 0 Å². The summed E-state index contributed by atoms with van der Waals surface area (Å²) in [7, 11) is 1.94. The molecular formula is C19H26ClN5S. The van der Waals surface area contributed by atoms with Gasteiger partial charge in [0.25, 0.3) is 0 Å². The summed E-state index contributed by atoms with van der Waals surface area (Å²) in [5, 5.41) is 14.3. The fourth-order valence-corrected chi connectivity index (χ4v) is 3.44. The van der Waals surface area contributed by atoms with Crippen molar-refractivity contribution in [3.63, 3.8) is 0 Å². The molecule has 1 atom stereocenters. The smallest absolute Gasteiger partial charge is 0.196 e. The molecule has 140 valence electrons. The molecule has 1 unspecified atom stereocenters. The lowest BCUT2D eigenvalue weighted by Crippen LogP contribution is -2.37. The summed E-state index contributed by atoms with van der Waals surface area (Å²) in [6, 6.07) is 7.94. The highest BCUT2D eigenvalue weighted by Crippen LogP contribution is 2.22. The standard InChI is InChI=1S/C19H26ClN5S/c1-5-10-21-17(11-14(2)3)18(26-19-24-23-13-25(19)4)22-12-15-6-8-16(20)9-7-15/h5-9,13-14,17,21H,1,10-12H2,2-4H3. The van der Waals surface area contributed by atoms with E-state index in [1.54, 1.807) is 18.1 Å². The Balaban J connectivity index is 2.25. The van der Waals surface area contributed by atoms with E-state index in [1.807, 2.05) is 42.0 Å². The molecule has 0 saturated carbocycles. The van der Waals surface area contributed by atoms with E-state index in [9.17, 15) is 0 Å². The fraction of sp³-hybridized carbons (Fsp3) is 0.421. The SMILES string of the molecule is C=CCNC(CC(C)C)C(=NCc1ccc(Cl)cc1)Sc1nncn1C. The molecular weight excluding hydrogens is 366 g/mol. The summed E-state index contributed by atoms with van der Waals surface area (Å²) in [4.78, 5) is 4.90. The molecule has 0 aliphatic heterocycles. The molecule has 2 aromatic rings. The second-order valence-corrected chi connectivity index (χ2v) is 7.91. The molecule has 0 spiro atoms. The van der Waals surface area contributed by atoms with Gasteiger partial charge in [0, 0.05) is 18.6 Å². The second kappa shape index (κ2) is 10.5. The maximum atomic E-state index is 5.97. The molecule has 0 saturated heterocycles. The van der Waals surface area contributed by atoms with Crippen LogP contribution in [0, 0.1) is 5.92 Å². The predicted molar refractivity (Wildman–Crippen MR) is 111 cm³/mol. The highest BCUT2D eigenvalue weighted by atomic mass is 35.5. The second-order valence-electron chi connectivity index (χ2n) is 6.49. The van der Waals surface area contributed by atoms with E-state index in [1.165, 1.54) is 0 Å². The third kappa shape index (κ3) is 6.59. The minimum absolute atomic E-state index is 0.141. The predicted octanol–water partition coefficient (Wildman–Crippen LogP) is 4.35. The molecule has 0 aliphatic rings. The van der Waals surface area contributed by atoms with E-state index in [-0.39, 0.29) is 6.04 Å². The zero-order valence-electron chi connectivity index (χ0n) is 15.5. The first-order valence-corrected chi connectivity index (χ1v) is 9.84. The van der Waals surface area contributed by atoms with Gasteiger partial charge in [0.05, 0.1) is 17.6 Å². The van der Waals surface area contributed by atoms with Crippen LogP contribution in [0.25, 0.3) is 0 Å². The van der Waals surface area contributed by atoms with Crippen LogP contribution in [0.2, 0.25) is 5.02 Å². The average Bonchev–Trinajstić information content (AvgIpc) is 3.01. The summed E-state index contributed by atoms with van der Waals surface area (Å²) < 4.78 is 1.91. The highest BCUT2D eigenvalue weighted by molar-refractivity contribution is 8.14. The van der Waals surface area contributed by atoms with Crippen LogP contribution >= 0.6 is 23.4 Å². The fourth-order valence-electron chi connectivity index (χ4n) is 2.40. The van der Waals surface area contributed by atoms with Gasteiger partial charge in [-0.1, -0.05) is 43.7 Å². The first kappa shape index (κ1) is 20.7. The molecule has 1 N–H and O–H groups in total. The molecule has 26 heavy (non-hydrogen) atoms. The summed E-state index contributed by atoms with van der Waals surface area (Å²) in [6.45, 7) is 9.58. The van der Waals surface area contributed by atoms with Gasteiger partial charge in [-0.25, -0.2) is 0 Å². The maximum absolute atomic E-state index is 5.97. The van der Waals surface area contributed by atoms with Crippen LogP contribution < -0.4 is 5.32 Å². The van der Waals surface area contributed by atoms with E-state index in [0.717, 1.165) is 33.8 Å². The Morgan fingerprint density at radius 3 is 2.69 bits per heavy atom. The number of hydrogen-bond acceptors (Lipinski definition) is 5. The topological polar surface area (TPSA) is 55.1 Å². The summed E-state index contributed by atoms with van der Waals surface area (Å²) >= 11 is 7.54. The van der Waals surface area contributed by atoms with Crippen molar-refractivity contribution in [3.05, 3.63) is 53.8 Å². The first-order valence-electron chi connectivity index (χ1n) is 8.64. The number of aryl methyl sites for hydroxylation is 1. The molecule has 1 heterocycles. The third-order valence-corrected chi connectivity index (χ3v) is 5.14. The van der Waals surface area contributed by atoms with Gasteiger partial charge < -0.3 is 9.88 Å². The Hall–Kier alpha value is -1.63. The third-order valence-electron chi connectivity index (χ3n) is 3.71. The zero-order chi connectivity index (χ0) is 18.9. The first-order chi connectivity index (χ1) is 12.5. The lowest BCUT2D eigenvalue weighted by Gasteiger charge is -2.21. The Bertz CT molecular complexity index is 724. The van der Waals surface area contributed by atoms with Crippen LogP contribution in [0.15, 0.2) is 53.4 Å². The van der Waals surface area contributed by atoms with Crippen molar-refractivity contribution in [2.24, 2.45) is 18.0 Å². The number of nitrogens with zero attached hydrogens (tertiary/aromatic N) is 4. The number of rotatable bonds is 9. The molecule has 7 heteroatoms. The van der Waals surface area contributed by atoms with Gasteiger partial charge in [0.1, 0.15) is 6.33 Å². The van der Waals surface area contributed by atoms with Crippen LogP contribution in [0.5, 0.6) is 0 Å². The molecule has 0 radical (unpaired) electrons. The van der Waals surface area contributed by atoms with Gasteiger partial charge in [0.15, 0.2) is 5.16 Å². The molecule has 5 nitrogen and oxygen atoms in total. The van der Waals surface area contributed by atoms with Gasteiger partial charge in [-0.3, -0.25) is 4.99 Å². The molecule has 2 rings (SSSR count). The van der Waals surface area contributed by atoms with Gasteiger partial charge >= 0.3 is 0 Å². The van der Waals surface area contributed by atoms with Crippen LogP contribution in [0.3, 0.4) is 0 Å². The van der Waals surface area contributed by atoms with E-state index >= 15 is 0 Å². The maximum Gasteiger partial charge on any atom is 0.196 e. The number of nitrogens with one attached hydrogen (secondary N) is 1. The average molecular weight is 392 g/mol. The molecule has 1 aromatic heterocycles. The highest BCUT2D eigenvalue weighted by Gasteiger charge is 2.20. The number of aliphatic imine (C=N–C) groups is 1. The van der Waals surface area contributed by atoms with Crippen molar-refractivity contribution in [1.82, 2.24) is 20.1 Å². The largest absolute Gasteiger partial charge is 0.311 e. The number of aromatic nitrogens is 3. The van der Waals surface area contributed by atoms with Gasteiger partial charge in [-0.05, 0) is 41.8 Å². The summed E-state index contributed by atoms with van der Waals surface area (Å²) in [6.07, 6.45) is 4.56. The summed E-state index contributed by atoms with van der Waals surface area (Å²) in [5.41, 5.74) is 1.12. The van der Waals surface area contributed by atoms with E-state index < -0.39 is 0 Å². The minimum atomic E-state index is 0.141. The normalized spacial score (nSPS) is 13.2. The molecule has 1 aromatic carbocycles. The quantitative estimate of drug-likeness (QED) is 0.299. The van der Waals surface area contributed by atoms with Crippen LogP contribution in [-0.2, 0) is 13.6 Å². The van der Waals surface area contributed by atoms with Crippen molar-refractivity contribution in [3.8, 4) is 0 Å². The van der Waals surface area contributed by atoms with Gasteiger partial charge in [-0.15, -0.1) is 16.8 Å². The van der Waals surface area contributed by atoms with E-state index in [4.69, 9.17) is 16.6 Å². The lowest BCUT2D eigenvalue weighted by atomic mass is 10.0. The number of halogens is 1. The van der Waals surface area contributed by atoms with Crippen LogP contribution in [-0.4, -0.2) is 32.4 Å². The monoisotopic (exact) mass is 391 g/mol. The Morgan fingerprint density at radius 1 is 1.38 bits per heavy atom. The van der Waals surface area contributed by atoms with Crippen LogP contribution in [0.1, 0.15) is 25.8 Å². The van der Waals surface area contributed by atoms with Crippen molar-refractivity contribution in [2.45, 2.75) is 38.0 Å². The Kier molecular flexibility index (Phi) is 8.35. The van der Waals surface area contributed by atoms with Crippen molar-refractivity contribution in [2.75, 3.05) is 6.54 Å². The summed E-state index contributed by atoms with van der Waals surface area (Å²) in [5.74, 6) is 0.540. The molecule has 0 fully saturated rings. The molecule has 0 bridgehead atoms. The van der Waals surface area contributed by atoms with Gasteiger partial charge in [0.2, 0.25) is 0 Å². The Morgan fingerprint density at radius 2 is 2.12 bits per heavy atom.